The summed E-state index contributed by atoms with van der Waals surface area (Å²) in [5, 5.41) is 9.02. The molecule has 1 atom stereocenters. The molecular formula is C13H13NO2S. The van der Waals surface area contributed by atoms with Crippen LogP contribution < -0.4 is 0 Å². The smallest absolute Gasteiger partial charge is 0.150 e. The van der Waals surface area contributed by atoms with Crippen molar-refractivity contribution < 1.29 is 9.53 Å². The lowest BCUT2D eigenvalue weighted by molar-refractivity contribution is 0.112. The van der Waals surface area contributed by atoms with Gasteiger partial charge in [0.15, 0.2) is 0 Å². The predicted molar refractivity (Wildman–Crippen MR) is 66.2 cm³/mol. The number of nitriles is 1. The monoisotopic (exact) mass is 247 g/mol. The van der Waals surface area contributed by atoms with Crippen LogP contribution in [0, 0.1) is 11.3 Å². The Morgan fingerprint density at radius 3 is 3.12 bits per heavy atom. The third-order valence-electron chi connectivity index (χ3n) is 2.71. The standard InChI is InChI=1S/C13H13NO2S/c14-7-11-6-10(8-15)3-4-13(11)17-9-12-2-1-5-16-12/h3-4,6,8,12H,1-2,5,9H2. The number of hydrogen-bond donors (Lipinski definition) is 0. The molecule has 0 spiro atoms. The van der Waals surface area contributed by atoms with Crippen LogP contribution in [0.1, 0.15) is 28.8 Å². The number of rotatable bonds is 4. The van der Waals surface area contributed by atoms with Gasteiger partial charge in [-0.05, 0) is 25.0 Å². The van der Waals surface area contributed by atoms with Crippen LogP contribution in [-0.4, -0.2) is 24.7 Å². The van der Waals surface area contributed by atoms with Gasteiger partial charge in [-0.15, -0.1) is 11.8 Å². The maximum absolute atomic E-state index is 10.6. The van der Waals surface area contributed by atoms with Gasteiger partial charge in [0.25, 0.3) is 0 Å². The minimum absolute atomic E-state index is 0.303. The molecule has 0 saturated carbocycles. The highest BCUT2D eigenvalue weighted by molar-refractivity contribution is 7.99. The van der Waals surface area contributed by atoms with Crippen molar-refractivity contribution in [3.63, 3.8) is 0 Å². The molecule has 17 heavy (non-hydrogen) atoms. The minimum atomic E-state index is 0.303. The van der Waals surface area contributed by atoms with E-state index < -0.39 is 0 Å². The Morgan fingerprint density at radius 1 is 1.59 bits per heavy atom. The average molecular weight is 247 g/mol. The van der Waals surface area contributed by atoms with Crippen molar-refractivity contribution in [1.29, 1.82) is 5.26 Å². The van der Waals surface area contributed by atoms with Crippen molar-refractivity contribution in [2.45, 2.75) is 23.8 Å². The molecule has 0 radical (unpaired) electrons. The van der Waals surface area contributed by atoms with Crippen LogP contribution in [-0.2, 0) is 4.74 Å². The molecule has 1 saturated heterocycles. The second-order valence-electron chi connectivity index (χ2n) is 3.93. The van der Waals surface area contributed by atoms with E-state index in [1.54, 1.807) is 23.9 Å². The molecule has 88 valence electrons. The summed E-state index contributed by atoms with van der Waals surface area (Å²) in [4.78, 5) is 11.5. The minimum Gasteiger partial charge on any atom is -0.377 e. The zero-order chi connectivity index (χ0) is 12.1. The number of nitrogens with zero attached hydrogens (tertiary/aromatic N) is 1. The Kier molecular flexibility index (Phi) is 4.18. The van der Waals surface area contributed by atoms with Crippen LogP contribution in [0.15, 0.2) is 23.1 Å². The summed E-state index contributed by atoms with van der Waals surface area (Å²) in [6.07, 6.45) is 3.29. The molecule has 3 nitrogen and oxygen atoms in total. The van der Waals surface area contributed by atoms with E-state index in [9.17, 15) is 4.79 Å². The van der Waals surface area contributed by atoms with E-state index in [-0.39, 0.29) is 0 Å². The first-order chi connectivity index (χ1) is 8.33. The lowest BCUT2D eigenvalue weighted by atomic mass is 10.1. The summed E-state index contributed by atoms with van der Waals surface area (Å²) >= 11 is 1.62. The van der Waals surface area contributed by atoms with Crippen LogP contribution in [0.3, 0.4) is 0 Å². The van der Waals surface area contributed by atoms with E-state index >= 15 is 0 Å². The second-order valence-corrected chi connectivity index (χ2v) is 4.99. The summed E-state index contributed by atoms with van der Waals surface area (Å²) in [6, 6.07) is 7.33. The Morgan fingerprint density at radius 2 is 2.47 bits per heavy atom. The van der Waals surface area contributed by atoms with Gasteiger partial charge in [-0.25, -0.2) is 0 Å². The summed E-state index contributed by atoms with van der Waals surface area (Å²) < 4.78 is 5.53. The molecule has 1 aromatic rings. The summed E-state index contributed by atoms with van der Waals surface area (Å²) in [5.74, 6) is 0.870. The van der Waals surface area contributed by atoms with Gasteiger partial charge in [-0.1, -0.05) is 6.07 Å². The highest BCUT2D eigenvalue weighted by atomic mass is 32.2. The number of ether oxygens (including phenoxy) is 1. The van der Waals surface area contributed by atoms with Gasteiger partial charge < -0.3 is 4.74 Å². The number of carbonyl (C=O) groups excluding carboxylic acids is 1. The highest BCUT2D eigenvalue weighted by Crippen LogP contribution is 2.26. The molecule has 0 bridgehead atoms. The first-order valence-corrected chi connectivity index (χ1v) is 6.56. The van der Waals surface area contributed by atoms with Crippen LogP contribution in [0.2, 0.25) is 0 Å². The molecule has 0 aromatic heterocycles. The third-order valence-corrected chi connectivity index (χ3v) is 3.91. The number of benzene rings is 1. The van der Waals surface area contributed by atoms with Crippen LogP contribution in [0.5, 0.6) is 0 Å². The summed E-state index contributed by atoms with van der Waals surface area (Å²) in [5.41, 5.74) is 1.11. The van der Waals surface area contributed by atoms with Crippen LogP contribution >= 0.6 is 11.8 Å². The van der Waals surface area contributed by atoms with Crippen molar-refractivity contribution in [1.82, 2.24) is 0 Å². The van der Waals surface area contributed by atoms with Crippen molar-refractivity contribution in [2.75, 3.05) is 12.4 Å². The molecular weight excluding hydrogens is 234 g/mol. The van der Waals surface area contributed by atoms with Crippen LogP contribution in [0.25, 0.3) is 0 Å². The van der Waals surface area contributed by atoms with Gasteiger partial charge in [-0.2, -0.15) is 5.26 Å². The third kappa shape index (κ3) is 3.09. The molecule has 1 fully saturated rings. The van der Waals surface area contributed by atoms with Gasteiger partial charge in [0.1, 0.15) is 12.4 Å². The fourth-order valence-corrected chi connectivity index (χ4v) is 2.85. The number of carbonyl (C=O) groups is 1. The Hall–Kier alpha value is -1.31. The van der Waals surface area contributed by atoms with E-state index in [4.69, 9.17) is 10.00 Å². The maximum Gasteiger partial charge on any atom is 0.150 e. The topological polar surface area (TPSA) is 50.1 Å². The van der Waals surface area contributed by atoms with Crippen molar-refractivity contribution in [2.24, 2.45) is 0 Å². The fourth-order valence-electron chi connectivity index (χ4n) is 1.79. The number of thioether (sulfide) groups is 1. The molecule has 1 aliphatic heterocycles. The normalized spacial score (nSPS) is 18.9. The Balaban J connectivity index is 2.04. The predicted octanol–water partition coefficient (Wildman–Crippen LogP) is 2.64. The number of aldehydes is 1. The highest BCUT2D eigenvalue weighted by Gasteiger charge is 2.16. The average Bonchev–Trinajstić information content (AvgIpc) is 2.89. The zero-order valence-electron chi connectivity index (χ0n) is 9.39. The lowest BCUT2D eigenvalue weighted by Crippen LogP contribution is -2.07. The molecule has 4 heteroatoms. The second kappa shape index (κ2) is 5.85. The van der Waals surface area contributed by atoms with E-state index in [1.165, 1.54) is 0 Å². The van der Waals surface area contributed by atoms with Gasteiger partial charge in [0, 0.05) is 22.8 Å². The summed E-state index contributed by atoms with van der Waals surface area (Å²) in [7, 11) is 0. The zero-order valence-corrected chi connectivity index (χ0v) is 10.2. The SMILES string of the molecule is N#Cc1cc(C=O)ccc1SCC1CCCO1. The molecule has 0 N–H and O–H groups in total. The van der Waals surface area contributed by atoms with Gasteiger partial charge in [0.2, 0.25) is 0 Å². The quantitative estimate of drug-likeness (QED) is 0.606. The lowest BCUT2D eigenvalue weighted by Gasteiger charge is -2.09. The van der Waals surface area contributed by atoms with E-state index in [0.717, 1.165) is 36.4 Å². The molecule has 1 unspecified atom stereocenters. The molecule has 0 amide bonds. The molecule has 0 aliphatic carbocycles. The van der Waals surface area contributed by atoms with Crippen molar-refractivity contribution in [3.8, 4) is 6.07 Å². The van der Waals surface area contributed by atoms with Gasteiger partial charge in [0.05, 0.1) is 11.7 Å². The largest absolute Gasteiger partial charge is 0.377 e. The van der Waals surface area contributed by atoms with E-state index in [1.807, 2.05) is 6.07 Å². The summed E-state index contributed by atoms with van der Waals surface area (Å²) in [6.45, 7) is 0.848. The number of hydrogen-bond acceptors (Lipinski definition) is 4. The van der Waals surface area contributed by atoms with E-state index in [0.29, 0.717) is 17.2 Å². The first-order valence-electron chi connectivity index (χ1n) is 5.57. The van der Waals surface area contributed by atoms with Crippen molar-refractivity contribution in [3.05, 3.63) is 29.3 Å². The molecule has 1 aromatic carbocycles. The van der Waals surface area contributed by atoms with E-state index in [2.05, 4.69) is 6.07 Å². The Labute approximate surface area is 105 Å². The first kappa shape index (κ1) is 12.2. The fraction of sp³-hybridized carbons (Fsp3) is 0.385. The van der Waals surface area contributed by atoms with Gasteiger partial charge in [-0.3, -0.25) is 4.79 Å². The van der Waals surface area contributed by atoms with Crippen molar-refractivity contribution >= 4 is 18.0 Å². The van der Waals surface area contributed by atoms with Gasteiger partial charge >= 0.3 is 0 Å². The molecule has 1 heterocycles. The molecule has 1 aliphatic rings. The molecule has 2 rings (SSSR count). The Bertz CT molecular complexity index is 447. The van der Waals surface area contributed by atoms with Crippen LogP contribution in [0.4, 0.5) is 0 Å². The maximum atomic E-state index is 10.6.